The minimum atomic E-state index is -0.163. The van der Waals surface area contributed by atoms with E-state index in [0.29, 0.717) is 24.7 Å². The predicted molar refractivity (Wildman–Crippen MR) is 127 cm³/mol. The molecule has 33 heavy (non-hydrogen) atoms. The van der Waals surface area contributed by atoms with Crippen molar-refractivity contribution in [3.05, 3.63) is 65.9 Å². The number of amides is 1. The van der Waals surface area contributed by atoms with Crippen LogP contribution in [0.15, 0.2) is 49.1 Å². The van der Waals surface area contributed by atoms with Crippen molar-refractivity contribution in [3.63, 3.8) is 0 Å². The highest BCUT2D eigenvalue weighted by molar-refractivity contribution is 5.95. The Labute approximate surface area is 193 Å². The van der Waals surface area contributed by atoms with Gasteiger partial charge in [-0.3, -0.25) is 4.79 Å². The third-order valence-corrected chi connectivity index (χ3v) is 6.29. The Balaban J connectivity index is 1.51. The van der Waals surface area contributed by atoms with E-state index in [9.17, 15) is 4.79 Å². The molecule has 4 heterocycles. The molecule has 0 aliphatic carbocycles. The van der Waals surface area contributed by atoms with Crippen molar-refractivity contribution in [1.29, 1.82) is 0 Å². The minimum Gasteiger partial charge on any atom is -0.489 e. The van der Waals surface area contributed by atoms with Gasteiger partial charge in [-0.2, -0.15) is 9.78 Å². The number of carbonyl (C=O) groups excluding carboxylic acids is 1. The van der Waals surface area contributed by atoms with Crippen LogP contribution in [0.2, 0.25) is 0 Å². The number of benzene rings is 1. The number of hydrogen-bond acceptors (Lipinski definition) is 6. The highest BCUT2D eigenvalue weighted by Gasteiger charge is 2.34. The maximum Gasteiger partial charge on any atom is 0.226 e. The van der Waals surface area contributed by atoms with E-state index in [1.54, 1.807) is 10.8 Å². The van der Waals surface area contributed by atoms with Crippen LogP contribution in [-0.2, 0) is 4.79 Å². The van der Waals surface area contributed by atoms with Gasteiger partial charge in [0, 0.05) is 36.6 Å². The summed E-state index contributed by atoms with van der Waals surface area (Å²) in [6.07, 6.45) is 5.67. The monoisotopic (exact) mass is 444 g/mol. The molecule has 0 spiro atoms. The number of ether oxygens (including phenoxy) is 1. The van der Waals surface area contributed by atoms with Gasteiger partial charge in [0.05, 0.1) is 5.69 Å². The number of aryl methyl sites for hydroxylation is 1. The lowest BCUT2D eigenvalue weighted by molar-refractivity contribution is -0.116. The molecule has 2 aromatic heterocycles. The van der Waals surface area contributed by atoms with E-state index in [2.05, 4.69) is 27.0 Å². The fourth-order valence-corrected chi connectivity index (χ4v) is 4.75. The number of aromatic nitrogens is 4. The first-order valence-electron chi connectivity index (χ1n) is 11.5. The fraction of sp³-hybridized carbons (Fsp3) is 0.360. The smallest absolute Gasteiger partial charge is 0.226 e. The Hall–Kier alpha value is -3.68. The standard InChI is InChI=1S/C25H28N6O2/c1-3-15-33-20-10-6-5-9-18(20)19-16-23(32)26-25-24(19)17(2)29-31(25)22-12-11-21(27-28-22)30-13-7-4-8-14-30/h3,5-6,9-12,19H,1,4,7-8,13-16H2,2H3,(H,26,32)/t19-/m0/s1. The largest absolute Gasteiger partial charge is 0.489 e. The number of nitrogens with zero attached hydrogens (tertiary/aromatic N) is 5. The summed E-state index contributed by atoms with van der Waals surface area (Å²) in [4.78, 5) is 15.0. The molecular formula is C25H28N6O2. The highest BCUT2D eigenvalue weighted by Crippen LogP contribution is 2.43. The molecule has 1 atom stereocenters. The minimum absolute atomic E-state index is 0.0648. The van der Waals surface area contributed by atoms with Crippen molar-refractivity contribution in [2.45, 2.75) is 38.5 Å². The van der Waals surface area contributed by atoms with Crippen LogP contribution in [0, 0.1) is 6.92 Å². The Morgan fingerprint density at radius 2 is 1.88 bits per heavy atom. The lowest BCUT2D eigenvalue weighted by atomic mass is 9.85. The average molecular weight is 445 g/mol. The van der Waals surface area contributed by atoms with Crippen LogP contribution in [0.25, 0.3) is 5.82 Å². The molecule has 0 unspecified atom stereocenters. The van der Waals surface area contributed by atoms with Crippen LogP contribution in [0.3, 0.4) is 0 Å². The zero-order valence-corrected chi connectivity index (χ0v) is 18.8. The second kappa shape index (κ2) is 9.05. The molecule has 170 valence electrons. The van der Waals surface area contributed by atoms with Crippen molar-refractivity contribution < 1.29 is 9.53 Å². The fourth-order valence-electron chi connectivity index (χ4n) is 4.75. The maximum absolute atomic E-state index is 12.7. The van der Waals surface area contributed by atoms with Crippen molar-refractivity contribution in [2.75, 3.05) is 29.9 Å². The molecule has 2 aliphatic rings. The van der Waals surface area contributed by atoms with Gasteiger partial charge in [-0.05, 0) is 44.4 Å². The second-order valence-electron chi connectivity index (χ2n) is 8.50. The first kappa shape index (κ1) is 21.2. The normalized spacial score (nSPS) is 17.9. The summed E-state index contributed by atoms with van der Waals surface area (Å²) in [6, 6.07) is 11.7. The molecule has 0 saturated carbocycles. The van der Waals surface area contributed by atoms with Gasteiger partial charge in [0.15, 0.2) is 11.6 Å². The van der Waals surface area contributed by atoms with E-state index in [1.165, 1.54) is 19.3 Å². The highest BCUT2D eigenvalue weighted by atomic mass is 16.5. The van der Waals surface area contributed by atoms with Crippen molar-refractivity contribution in [3.8, 4) is 11.6 Å². The summed E-state index contributed by atoms with van der Waals surface area (Å²) in [6.45, 7) is 8.12. The Bertz CT molecular complexity index is 1160. The van der Waals surface area contributed by atoms with Crippen LogP contribution < -0.4 is 15.0 Å². The summed E-state index contributed by atoms with van der Waals surface area (Å²) in [5, 5.41) is 16.7. The van der Waals surface area contributed by atoms with Crippen LogP contribution in [0.4, 0.5) is 11.6 Å². The summed E-state index contributed by atoms with van der Waals surface area (Å²) in [5.74, 6) is 2.63. The van der Waals surface area contributed by atoms with Crippen LogP contribution in [-0.4, -0.2) is 45.6 Å². The molecule has 1 aromatic carbocycles. The van der Waals surface area contributed by atoms with Gasteiger partial charge in [-0.25, -0.2) is 0 Å². The van der Waals surface area contributed by atoms with Gasteiger partial charge < -0.3 is 15.0 Å². The van der Waals surface area contributed by atoms with Crippen molar-refractivity contribution in [1.82, 2.24) is 20.0 Å². The van der Waals surface area contributed by atoms with Crippen LogP contribution in [0.1, 0.15) is 48.4 Å². The number of piperidine rings is 1. The van der Waals surface area contributed by atoms with E-state index in [4.69, 9.17) is 9.84 Å². The molecular weight excluding hydrogens is 416 g/mol. The number of hydrogen-bond donors (Lipinski definition) is 1. The molecule has 8 heteroatoms. The summed E-state index contributed by atoms with van der Waals surface area (Å²) < 4.78 is 7.58. The van der Waals surface area contributed by atoms with Gasteiger partial charge in [-0.15, -0.1) is 10.2 Å². The molecule has 2 aliphatic heterocycles. The summed E-state index contributed by atoms with van der Waals surface area (Å²) in [7, 11) is 0. The van der Waals surface area contributed by atoms with Gasteiger partial charge in [0.25, 0.3) is 0 Å². The van der Waals surface area contributed by atoms with Gasteiger partial charge in [0.2, 0.25) is 5.91 Å². The molecule has 3 aromatic rings. The topological polar surface area (TPSA) is 85.2 Å². The molecule has 0 bridgehead atoms. The maximum atomic E-state index is 12.7. The molecule has 5 rings (SSSR count). The van der Waals surface area contributed by atoms with Gasteiger partial charge in [-0.1, -0.05) is 30.9 Å². The summed E-state index contributed by atoms with van der Waals surface area (Å²) in [5.41, 5.74) is 2.78. The van der Waals surface area contributed by atoms with Crippen molar-refractivity contribution in [2.24, 2.45) is 0 Å². The van der Waals surface area contributed by atoms with E-state index >= 15 is 0 Å². The third kappa shape index (κ3) is 4.08. The number of rotatable bonds is 6. The molecule has 1 amide bonds. The zero-order chi connectivity index (χ0) is 22.8. The van der Waals surface area contributed by atoms with Gasteiger partial charge in [0.1, 0.15) is 18.2 Å². The van der Waals surface area contributed by atoms with Crippen LogP contribution >= 0.6 is 0 Å². The lowest BCUT2D eigenvalue weighted by Crippen LogP contribution is -2.30. The van der Waals surface area contributed by atoms with E-state index < -0.39 is 0 Å². The molecule has 1 fully saturated rings. The first-order chi connectivity index (χ1) is 16.2. The Morgan fingerprint density at radius 1 is 1.12 bits per heavy atom. The summed E-state index contributed by atoms with van der Waals surface area (Å²) >= 11 is 0. The third-order valence-electron chi connectivity index (χ3n) is 6.29. The molecule has 8 nitrogen and oxygen atoms in total. The predicted octanol–water partition coefficient (Wildman–Crippen LogP) is 4.00. The Morgan fingerprint density at radius 3 is 2.64 bits per heavy atom. The van der Waals surface area contributed by atoms with Crippen molar-refractivity contribution >= 4 is 17.5 Å². The van der Waals surface area contributed by atoms with Gasteiger partial charge >= 0.3 is 0 Å². The molecule has 1 N–H and O–H groups in total. The number of para-hydroxylation sites is 1. The van der Waals surface area contributed by atoms with Crippen LogP contribution in [0.5, 0.6) is 5.75 Å². The molecule has 0 radical (unpaired) electrons. The number of fused-ring (bicyclic) bond motifs is 1. The zero-order valence-electron chi connectivity index (χ0n) is 18.8. The number of anilines is 2. The van der Waals surface area contributed by atoms with E-state index in [1.807, 2.05) is 43.3 Å². The second-order valence-corrected chi connectivity index (χ2v) is 8.50. The van der Waals surface area contributed by atoms with E-state index in [-0.39, 0.29) is 11.8 Å². The average Bonchev–Trinajstić information content (AvgIpc) is 3.19. The SMILES string of the molecule is C=CCOc1ccccc1[C@@H]1CC(=O)Nc2c1c(C)nn2-c1ccc(N2CCCCC2)nn1. The molecule has 1 saturated heterocycles. The van der Waals surface area contributed by atoms with E-state index in [0.717, 1.165) is 41.5 Å². The lowest BCUT2D eigenvalue weighted by Gasteiger charge is -2.27. The number of carbonyl (C=O) groups is 1. The first-order valence-corrected chi connectivity index (χ1v) is 11.5. The Kier molecular flexibility index (Phi) is 5.81. The number of nitrogens with one attached hydrogen (secondary N) is 1. The quantitative estimate of drug-likeness (QED) is 0.579.